The lowest BCUT2D eigenvalue weighted by Gasteiger charge is -2.28. The van der Waals surface area contributed by atoms with Gasteiger partial charge in [0.1, 0.15) is 17.5 Å². The first-order valence-electron chi connectivity index (χ1n) is 8.25. The molecule has 2 saturated carbocycles. The average molecular weight is 289 g/mol. The highest BCUT2D eigenvalue weighted by molar-refractivity contribution is 5.48. The second-order valence-corrected chi connectivity index (χ2v) is 6.74. The number of rotatable bonds is 6. The van der Waals surface area contributed by atoms with Crippen molar-refractivity contribution in [1.29, 1.82) is 0 Å². The van der Waals surface area contributed by atoms with Crippen molar-refractivity contribution in [3.8, 4) is 0 Å². The van der Waals surface area contributed by atoms with E-state index in [0.717, 1.165) is 48.8 Å². The molecule has 2 aliphatic carbocycles. The lowest BCUT2D eigenvalue weighted by Crippen LogP contribution is -2.29. The Morgan fingerprint density at radius 3 is 2.81 bits per heavy atom. The van der Waals surface area contributed by atoms with E-state index < -0.39 is 0 Å². The molecule has 3 rings (SSSR count). The average Bonchev–Trinajstić information content (AvgIpc) is 3.09. The lowest BCUT2D eigenvalue weighted by atomic mass is 9.88. The van der Waals surface area contributed by atoms with E-state index in [4.69, 9.17) is 10.8 Å². The minimum Gasteiger partial charge on any atom is -0.359 e. The number of nitrogen functional groups attached to an aromatic ring is 1. The first kappa shape index (κ1) is 14.6. The molecule has 116 valence electrons. The maximum absolute atomic E-state index is 5.54. The van der Waals surface area contributed by atoms with Gasteiger partial charge in [-0.25, -0.2) is 15.8 Å². The molecule has 0 saturated heterocycles. The molecule has 3 unspecified atom stereocenters. The van der Waals surface area contributed by atoms with Gasteiger partial charge in [0, 0.05) is 26.1 Å². The summed E-state index contributed by atoms with van der Waals surface area (Å²) in [6.45, 7) is 3.25. The van der Waals surface area contributed by atoms with Gasteiger partial charge in [0.15, 0.2) is 0 Å². The van der Waals surface area contributed by atoms with Gasteiger partial charge in [-0.15, -0.1) is 0 Å². The van der Waals surface area contributed by atoms with Crippen LogP contribution in [0.2, 0.25) is 0 Å². The Kier molecular flexibility index (Phi) is 4.29. The van der Waals surface area contributed by atoms with Crippen LogP contribution in [0.15, 0.2) is 6.07 Å². The summed E-state index contributed by atoms with van der Waals surface area (Å²) in [6, 6.07) is 1.95. The number of hydrogen-bond acceptors (Lipinski definition) is 5. The standard InChI is InChI=1S/C16H27N5/c1-3-4-14-18-15(20-17)9-16(19-14)21(2)10-13-8-11-5-6-12(13)7-11/h9,11-13H,3-8,10,17H2,1-2H3,(H,18,19,20). The maximum atomic E-state index is 5.54. The molecular weight excluding hydrogens is 262 g/mol. The fraction of sp³-hybridized carbons (Fsp3) is 0.750. The van der Waals surface area contributed by atoms with Gasteiger partial charge in [-0.1, -0.05) is 13.3 Å². The van der Waals surface area contributed by atoms with E-state index in [0.29, 0.717) is 5.82 Å². The molecule has 0 radical (unpaired) electrons. The van der Waals surface area contributed by atoms with Crippen molar-refractivity contribution in [3.05, 3.63) is 11.9 Å². The summed E-state index contributed by atoms with van der Waals surface area (Å²) >= 11 is 0. The summed E-state index contributed by atoms with van der Waals surface area (Å²) in [7, 11) is 2.14. The van der Waals surface area contributed by atoms with Crippen molar-refractivity contribution in [2.75, 3.05) is 23.9 Å². The summed E-state index contributed by atoms with van der Waals surface area (Å²) in [6.07, 6.45) is 7.70. The van der Waals surface area contributed by atoms with Crippen molar-refractivity contribution in [3.63, 3.8) is 0 Å². The zero-order chi connectivity index (χ0) is 14.8. The van der Waals surface area contributed by atoms with E-state index in [1.807, 2.05) is 6.07 Å². The Labute approximate surface area is 127 Å². The molecule has 0 aromatic carbocycles. The molecule has 2 fully saturated rings. The Balaban J connectivity index is 1.71. The van der Waals surface area contributed by atoms with Gasteiger partial charge >= 0.3 is 0 Å². The fourth-order valence-electron chi connectivity index (χ4n) is 4.13. The molecule has 3 atom stereocenters. The molecule has 1 heterocycles. The van der Waals surface area contributed by atoms with Gasteiger partial charge in [-0.2, -0.15) is 0 Å². The number of aryl methyl sites for hydroxylation is 1. The van der Waals surface area contributed by atoms with Crippen LogP contribution in [-0.2, 0) is 6.42 Å². The molecule has 0 amide bonds. The van der Waals surface area contributed by atoms with Crippen molar-refractivity contribution in [1.82, 2.24) is 9.97 Å². The summed E-state index contributed by atoms with van der Waals surface area (Å²) in [5.74, 6) is 10.9. The van der Waals surface area contributed by atoms with E-state index in [-0.39, 0.29) is 0 Å². The topological polar surface area (TPSA) is 67.1 Å². The zero-order valence-corrected chi connectivity index (χ0v) is 13.2. The van der Waals surface area contributed by atoms with Crippen molar-refractivity contribution in [2.24, 2.45) is 23.6 Å². The minimum atomic E-state index is 0.711. The Morgan fingerprint density at radius 2 is 2.19 bits per heavy atom. The van der Waals surface area contributed by atoms with Crippen molar-refractivity contribution in [2.45, 2.75) is 45.4 Å². The summed E-state index contributed by atoms with van der Waals surface area (Å²) in [4.78, 5) is 11.4. The van der Waals surface area contributed by atoms with Crippen LogP contribution < -0.4 is 16.2 Å². The molecule has 1 aromatic heterocycles. The highest BCUT2D eigenvalue weighted by Gasteiger charge is 2.39. The first-order valence-corrected chi connectivity index (χ1v) is 8.25. The van der Waals surface area contributed by atoms with Crippen molar-refractivity contribution < 1.29 is 0 Å². The molecule has 0 aliphatic heterocycles. The molecule has 21 heavy (non-hydrogen) atoms. The molecule has 1 aromatic rings. The summed E-state index contributed by atoms with van der Waals surface area (Å²) in [5.41, 5.74) is 2.66. The Hall–Kier alpha value is -1.36. The molecule has 0 spiro atoms. The molecule has 2 aliphatic rings. The van der Waals surface area contributed by atoms with Crippen molar-refractivity contribution >= 4 is 11.6 Å². The van der Waals surface area contributed by atoms with Crippen LogP contribution in [-0.4, -0.2) is 23.6 Å². The van der Waals surface area contributed by atoms with E-state index in [2.05, 4.69) is 29.3 Å². The quantitative estimate of drug-likeness (QED) is 0.622. The number of nitrogens with zero attached hydrogens (tertiary/aromatic N) is 3. The zero-order valence-electron chi connectivity index (χ0n) is 13.2. The number of fused-ring (bicyclic) bond motifs is 2. The van der Waals surface area contributed by atoms with E-state index in [1.165, 1.54) is 25.7 Å². The highest BCUT2D eigenvalue weighted by atomic mass is 15.3. The smallest absolute Gasteiger partial charge is 0.145 e. The Bertz CT molecular complexity index is 490. The maximum Gasteiger partial charge on any atom is 0.145 e. The largest absolute Gasteiger partial charge is 0.359 e. The molecule has 3 N–H and O–H groups in total. The van der Waals surface area contributed by atoms with Crippen LogP contribution in [0.3, 0.4) is 0 Å². The van der Waals surface area contributed by atoms with Gasteiger partial charge in [-0.05, 0) is 43.4 Å². The van der Waals surface area contributed by atoms with Crippen LogP contribution in [0.5, 0.6) is 0 Å². The van der Waals surface area contributed by atoms with Crippen LogP contribution in [0.25, 0.3) is 0 Å². The van der Waals surface area contributed by atoms with E-state index in [9.17, 15) is 0 Å². The predicted octanol–water partition coefficient (Wildman–Crippen LogP) is 2.59. The third kappa shape index (κ3) is 3.12. The monoisotopic (exact) mass is 289 g/mol. The molecule has 5 heteroatoms. The van der Waals surface area contributed by atoms with E-state index in [1.54, 1.807) is 0 Å². The molecule has 5 nitrogen and oxygen atoms in total. The summed E-state index contributed by atoms with van der Waals surface area (Å²) in [5, 5.41) is 0. The number of anilines is 2. The highest BCUT2D eigenvalue weighted by Crippen LogP contribution is 2.48. The number of nitrogens with two attached hydrogens (primary N) is 1. The number of aromatic nitrogens is 2. The third-order valence-corrected chi connectivity index (χ3v) is 5.16. The van der Waals surface area contributed by atoms with Crippen LogP contribution in [0.1, 0.15) is 44.9 Å². The molecule has 2 bridgehead atoms. The number of hydrogen-bond donors (Lipinski definition) is 2. The van der Waals surface area contributed by atoms with Crippen LogP contribution >= 0.6 is 0 Å². The van der Waals surface area contributed by atoms with E-state index >= 15 is 0 Å². The third-order valence-electron chi connectivity index (χ3n) is 5.16. The molecular formula is C16H27N5. The fourth-order valence-corrected chi connectivity index (χ4v) is 4.13. The second kappa shape index (κ2) is 6.18. The lowest BCUT2D eigenvalue weighted by molar-refractivity contribution is 0.337. The van der Waals surface area contributed by atoms with Crippen LogP contribution in [0.4, 0.5) is 11.6 Å². The summed E-state index contributed by atoms with van der Waals surface area (Å²) < 4.78 is 0. The first-order chi connectivity index (χ1) is 10.2. The SMILES string of the molecule is CCCc1nc(NN)cc(N(C)CC2CC3CCC2C3)n1. The minimum absolute atomic E-state index is 0.711. The second-order valence-electron chi connectivity index (χ2n) is 6.74. The predicted molar refractivity (Wildman–Crippen MR) is 86.0 cm³/mol. The van der Waals surface area contributed by atoms with Gasteiger partial charge in [0.05, 0.1) is 0 Å². The normalized spacial score (nSPS) is 27.1. The number of hydrazine groups is 1. The van der Waals surface area contributed by atoms with Gasteiger partial charge in [0.2, 0.25) is 0 Å². The van der Waals surface area contributed by atoms with Gasteiger partial charge < -0.3 is 10.3 Å². The Morgan fingerprint density at radius 1 is 1.33 bits per heavy atom. The van der Waals surface area contributed by atoms with Crippen LogP contribution in [0, 0.1) is 17.8 Å². The van der Waals surface area contributed by atoms with Gasteiger partial charge in [0.25, 0.3) is 0 Å². The number of nitrogens with one attached hydrogen (secondary N) is 1. The van der Waals surface area contributed by atoms with Gasteiger partial charge in [-0.3, -0.25) is 0 Å².